The molecule has 2 N–H and O–H groups in total. The number of aryl methyl sites for hydroxylation is 5. The van der Waals surface area contributed by atoms with Crippen molar-refractivity contribution in [2.75, 3.05) is 10.6 Å². The van der Waals surface area contributed by atoms with Crippen LogP contribution in [0.3, 0.4) is 0 Å². The van der Waals surface area contributed by atoms with Gasteiger partial charge in [0.1, 0.15) is 0 Å². The van der Waals surface area contributed by atoms with Gasteiger partial charge in [-0.25, -0.2) is 0 Å². The fraction of sp³-hybridized carbons (Fsp3) is 0.278. The van der Waals surface area contributed by atoms with E-state index in [1.165, 1.54) is 27.8 Å². The summed E-state index contributed by atoms with van der Waals surface area (Å²) in [4.78, 5) is 0. The van der Waals surface area contributed by atoms with Crippen molar-refractivity contribution in [2.24, 2.45) is 0 Å². The van der Waals surface area contributed by atoms with E-state index in [4.69, 9.17) is 12.2 Å². The van der Waals surface area contributed by atoms with Gasteiger partial charge in [0.25, 0.3) is 0 Å². The maximum Gasteiger partial charge on any atom is 0.175 e. The van der Waals surface area contributed by atoms with Gasteiger partial charge < -0.3 is 10.6 Å². The maximum atomic E-state index is 5.44. The molecule has 0 atom stereocenters. The highest BCUT2D eigenvalue weighted by molar-refractivity contribution is 7.80. The first-order valence-corrected chi connectivity index (χ1v) is 7.51. The second-order valence-corrected chi connectivity index (χ2v) is 6.08. The molecule has 0 aliphatic carbocycles. The zero-order valence-electron chi connectivity index (χ0n) is 13.3. The quantitative estimate of drug-likeness (QED) is 0.760. The molecule has 21 heavy (non-hydrogen) atoms. The van der Waals surface area contributed by atoms with Gasteiger partial charge in [-0.2, -0.15) is 0 Å². The molecule has 3 heteroatoms. The molecule has 0 aliphatic rings. The molecule has 0 bridgehead atoms. The van der Waals surface area contributed by atoms with Crippen molar-refractivity contribution in [3.8, 4) is 0 Å². The highest BCUT2D eigenvalue weighted by Crippen LogP contribution is 2.23. The number of anilines is 2. The van der Waals surface area contributed by atoms with Crippen LogP contribution in [0.25, 0.3) is 0 Å². The highest BCUT2D eigenvalue weighted by Gasteiger charge is 2.07. The number of rotatable bonds is 2. The SMILES string of the molecule is Cc1ccc(NC(=S)Nc2c(C)cc(C)cc2C)c(C)c1. The smallest absolute Gasteiger partial charge is 0.175 e. The van der Waals surface area contributed by atoms with E-state index in [0.717, 1.165) is 11.4 Å². The topological polar surface area (TPSA) is 24.1 Å². The van der Waals surface area contributed by atoms with Crippen LogP contribution in [0.1, 0.15) is 27.8 Å². The Balaban J connectivity index is 2.16. The minimum atomic E-state index is 0.622. The second kappa shape index (κ2) is 6.27. The molecule has 0 unspecified atom stereocenters. The van der Waals surface area contributed by atoms with Crippen molar-refractivity contribution in [1.29, 1.82) is 0 Å². The van der Waals surface area contributed by atoms with Crippen molar-refractivity contribution in [2.45, 2.75) is 34.6 Å². The summed E-state index contributed by atoms with van der Waals surface area (Å²) in [6, 6.07) is 10.6. The van der Waals surface area contributed by atoms with Crippen LogP contribution in [0.5, 0.6) is 0 Å². The summed E-state index contributed by atoms with van der Waals surface area (Å²) in [5, 5.41) is 7.21. The summed E-state index contributed by atoms with van der Waals surface area (Å²) >= 11 is 5.44. The third-order valence-corrected chi connectivity index (χ3v) is 3.75. The first-order valence-electron chi connectivity index (χ1n) is 7.10. The zero-order valence-corrected chi connectivity index (χ0v) is 14.1. The molecule has 2 aromatic rings. The summed E-state index contributed by atoms with van der Waals surface area (Å²) in [5.41, 5.74) is 8.25. The molecule has 2 rings (SSSR count). The predicted octanol–water partition coefficient (Wildman–Crippen LogP) is 5.04. The third kappa shape index (κ3) is 3.82. The number of nitrogens with one attached hydrogen (secondary N) is 2. The number of thiocarbonyl (C=S) groups is 1. The van der Waals surface area contributed by atoms with Crippen molar-refractivity contribution in [1.82, 2.24) is 0 Å². The number of benzene rings is 2. The summed E-state index contributed by atoms with van der Waals surface area (Å²) in [6.45, 7) is 10.5. The molecule has 0 aromatic heterocycles. The monoisotopic (exact) mass is 298 g/mol. The zero-order chi connectivity index (χ0) is 15.6. The molecule has 0 fully saturated rings. The van der Waals surface area contributed by atoms with E-state index < -0.39 is 0 Å². The van der Waals surface area contributed by atoms with Crippen molar-refractivity contribution in [3.05, 3.63) is 58.1 Å². The molecular weight excluding hydrogens is 276 g/mol. The molecular formula is C18H22N2S. The highest BCUT2D eigenvalue weighted by atomic mass is 32.1. The number of hydrogen-bond acceptors (Lipinski definition) is 1. The Bertz CT molecular complexity index is 667. The lowest BCUT2D eigenvalue weighted by molar-refractivity contribution is 1.32. The van der Waals surface area contributed by atoms with Gasteiger partial charge >= 0.3 is 0 Å². The normalized spacial score (nSPS) is 10.3. The van der Waals surface area contributed by atoms with Gasteiger partial charge in [-0.05, 0) is 69.6 Å². The molecule has 0 amide bonds. The Morgan fingerprint density at radius 2 is 1.33 bits per heavy atom. The lowest BCUT2D eigenvalue weighted by Crippen LogP contribution is -2.20. The fourth-order valence-corrected chi connectivity index (χ4v) is 2.81. The summed E-state index contributed by atoms with van der Waals surface area (Å²) in [5.74, 6) is 0. The summed E-state index contributed by atoms with van der Waals surface area (Å²) < 4.78 is 0. The van der Waals surface area contributed by atoms with Crippen LogP contribution in [0, 0.1) is 34.6 Å². The van der Waals surface area contributed by atoms with Gasteiger partial charge in [0.15, 0.2) is 5.11 Å². The van der Waals surface area contributed by atoms with Crippen LogP contribution < -0.4 is 10.6 Å². The second-order valence-electron chi connectivity index (χ2n) is 5.67. The Morgan fingerprint density at radius 3 is 1.90 bits per heavy atom. The lowest BCUT2D eigenvalue weighted by Gasteiger charge is -2.16. The Hall–Kier alpha value is -1.87. The molecule has 0 aliphatic heterocycles. The van der Waals surface area contributed by atoms with Gasteiger partial charge in [-0.1, -0.05) is 35.4 Å². The van der Waals surface area contributed by atoms with Gasteiger partial charge in [-0.15, -0.1) is 0 Å². The predicted molar refractivity (Wildman–Crippen MR) is 96.4 cm³/mol. The van der Waals surface area contributed by atoms with E-state index >= 15 is 0 Å². The molecule has 110 valence electrons. The van der Waals surface area contributed by atoms with Crippen LogP contribution in [-0.4, -0.2) is 5.11 Å². The van der Waals surface area contributed by atoms with Gasteiger partial charge in [0, 0.05) is 11.4 Å². The van der Waals surface area contributed by atoms with E-state index in [0.29, 0.717) is 5.11 Å². The van der Waals surface area contributed by atoms with E-state index in [1.807, 2.05) is 0 Å². The van der Waals surface area contributed by atoms with Crippen LogP contribution in [-0.2, 0) is 0 Å². The average Bonchev–Trinajstić information content (AvgIpc) is 2.37. The lowest BCUT2D eigenvalue weighted by atomic mass is 10.1. The van der Waals surface area contributed by atoms with E-state index in [1.54, 1.807) is 0 Å². The Labute approximate surface area is 132 Å². The van der Waals surface area contributed by atoms with Crippen molar-refractivity contribution >= 4 is 28.7 Å². The minimum absolute atomic E-state index is 0.622. The van der Waals surface area contributed by atoms with E-state index in [2.05, 4.69) is 75.6 Å². The fourth-order valence-electron chi connectivity index (χ4n) is 2.60. The Morgan fingerprint density at radius 1 is 0.762 bits per heavy atom. The first kappa shape index (κ1) is 15.5. The van der Waals surface area contributed by atoms with Crippen LogP contribution in [0.2, 0.25) is 0 Å². The Kier molecular flexibility index (Phi) is 4.63. The van der Waals surface area contributed by atoms with Crippen LogP contribution in [0.15, 0.2) is 30.3 Å². The maximum absolute atomic E-state index is 5.44. The molecule has 2 aromatic carbocycles. The standard InChI is InChI=1S/C18H22N2S/c1-11-6-7-16(13(3)8-11)19-18(21)20-17-14(4)9-12(2)10-15(17)5/h6-10H,1-5H3,(H2,19,20,21). The van der Waals surface area contributed by atoms with Crippen molar-refractivity contribution < 1.29 is 0 Å². The van der Waals surface area contributed by atoms with Gasteiger partial charge in [0.05, 0.1) is 0 Å². The minimum Gasteiger partial charge on any atom is -0.332 e. The first-order chi connectivity index (χ1) is 9.86. The van der Waals surface area contributed by atoms with E-state index in [-0.39, 0.29) is 0 Å². The van der Waals surface area contributed by atoms with Crippen LogP contribution >= 0.6 is 12.2 Å². The molecule has 0 radical (unpaired) electrons. The van der Waals surface area contributed by atoms with Crippen molar-refractivity contribution in [3.63, 3.8) is 0 Å². The van der Waals surface area contributed by atoms with Crippen LogP contribution in [0.4, 0.5) is 11.4 Å². The largest absolute Gasteiger partial charge is 0.332 e. The number of hydrogen-bond donors (Lipinski definition) is 2. The molecule has 2 nitrogen and oxygen atoms in total. The summed E-state index contributed by atoms with van der Waals surface area (Å²) in [7, 11) is 0. The summed E-state index contributed by atoms with van der Waals surface area (Å²) in [6.07, 6.45) is 0. The third-order valence-electron chi connectivity index (χ3n) is 3.55. The molecule has 0 saturated carbocycles. The molecule has 0 saturated heterocycles. The average molecular weight is 298 g/mol. The molecule has 0 spiro atoms. The van der Waals surface area contributed by atoms with Gasteiger partial charge in [0.2, 0.25) is 0 Å². The van der Waals surface area contributed by atoms with E-state index in [9.17, 15) is 0 Å². The van der Waals surface area contributed by atoms with Gasteiger partial charge in [-0.3, -0.25) is 0 Å². The molecule has 0 heterocycles.